The lowest BCUT2D eigenvalue weighted by molar-refractivity contribution is -0.138. The smallest absolute Gasteiger partial charge is 0.342 e. The maximum Gasteiger partial charge on any atom is 0.342 e. The summed E-state index contributed by atoms with van der Waals surface area (Å²) in [6, 6.07) is 2.43. The zero-order valence-electron chi connectivity index (χ0n) is 16.2. The lowest BCUT2D eigenvalue weighted by atomic mass is 9.97. The number of hydrogen-bond donors (Lipinski definition) is 1. The minimum Gasteiger partial charge on any atom is -0.462 e. The number of carbonyl (C=O) groups is 1. The molecule has 1 fully saturated rings. The molecule has 3 aliphatic rings. The highest BCUT2D eigenvalue weighted by atomic mass is 16.5. The standard InChI is InChI=1S/C20H27N5O2/c1-4-24-13-16(14-25(24)5-2)22-19-15(11-21)12-23-10-8-7-9-17(23)18(19)20(26)27-6-3/h7-10,16,22H,4-6,12-14H2,1-3H3. The molecule has 0 unspecified atom stereocenters. The highest BCUT2D eigenvalue weighted by molar-refractivity contribution is 5.95. The number of fused-ring (bicyclic) bond motifs is 1. The number of hydrazine groups is 1. The Labute approximate surface area is 160 Å². The summed E-state index contributed by atoms with van der Waals surface area (Å²) in [7, 11) is 0. The van der Waals surface area contributed by atoms with Crippen LogP contribution in [0.2, 0.25) is 0 Å². The predicted octanol–water partition coefficient (Wildman–Crippen LogP) is 1.51. The third-order valence-corrected chi connectivity index (χ3v) is 5.03. The van der Waals surface area contributed by atoms with Gasteiger partial charge in [-0.25, -0.2) is 14.8 Å². The monoisotopic (exact) mass is 369 g/mol. The van der Waals surface area contributed by atoms with Gasteiger partial charge in [-0.15, -0.1) is 0 Å². The molecule has 3 rings (SSSR count). The van der Waals surface area contributed by atoms with Crippen LogP contribution in [0.4, 0.5) is 0 Å². The molecule has 1 N–H and O–H groups in total. The summed E-state index contributed by atoms with van der Waals surface area (Å²) in [5.41, 5.74) is 2.38. The summed E-state index contributed by atoms with van der Waals surface area (Å²) in [5, 5.41) is 17.8. The molecule has 0 aromatic heterocycles. The van der Waals surface area contributed by atoms with Crippen molar-refractivity contribution in [1.82, 2.24) is 20.2 Å². The van der Waals surface area contributed by atoms with Crippen molar-refractivity contribution in [3.63, 3.8) is 0 Å². The van der Waals surface area contributed by atoms with Crippen molar-refractivity contribution in [3.8, 4) is 6.07 Å². The molecule has 1 saturated heterocycles. The molecule has 144 valence electrons. The molecule has 0 aliphatic carbocycles. The third-order valence-electron chi connectivity index (χ3n) is 5.03. The van der Waals surface area contributed by atoms with Crippen molar-refractivity contribution in [2.24, 2.45) is 0 Å². The largest absolute Gasteiger partial charge is 0.462 e. The Kier molecular flexibility index (Phi) is 5.99. The predicted molar refractivity (Wildman–Crippen MR) is 103 cm³/mol. The van der Waals surface area contributed by atoms with Gasteiger partial charge >= 0.3 is 5.97 Å². The van der Waals surface area contributed by atoms with Gasteiger partial charge in [0.05, 0.1) is 42.2 Å². The van der Waals surface area contributed by atoms with Gasteiger partial charge in [0.15, 0.2) is 0 Å². The topological polar surface area (TPSA) is 71.8 Å². The molecule has 0 saturated carbocycles. The number of hydrogen-bond acceptors (Lipinski definition) is 7. The molecule has 0 aromatic carbocycles. The maximum absolute atomic E-state index is 12.8. The van der Waals surface area contributed by atoms with E-state index in [1.807, 2.05) is 29.3 Å². The van der Waals surface area contributed by atoms with Crippen LogP contribution in [0.15, 0.2) is 47.0 Å². The molecular weight excluding hydrogens is 342 g/mol. The van der Waals surface area contributed by atoms with Crippen LogP contribution >= 0.6 is 0 Å². The number of nitrogens with one attached hydrogen (secondary N) is 1. The van der Waals surface area contributed by atoms with E-state index < -0.39 is 5.97 Å². The van der Waals surface area contributed by atoms with Crippen molar-refractivity contribution in [1.29, 1.82) is 5.26 Å². The fourth-order valence-corrected chi connectivity index (χ4v) is 3.78. The summed E-state index contributed by atoms with van der Waals surface area (Å²) in [6.45, 7) is 10.4. The number of allylic oxidation sites excluding steroid dienone is 3. The van der Waals surface area contributed by atoms with Crippen molar-refractivity contribution < 1.29 is 9.53 Å². The Hall–Kier alpha value is -2.56. The van der Waals surface area contributed by atoms with Gasteiger partial charge in [-0.2, -0.15) is 5.26 Å². The first-order valence-electron chi connectivity index (χ1n) is 9.55. The Morgan fingerprint density at radius 3 is 2.56 bits per heavy atom. The van der Waals surface area contributed by atoms with Crippen molar-refractivity contribution in [3.05, 3.63) is 47.0 Å². The van der Waals surface area contributed by atoms with Crippen LogP contribution in [0, 0.1) is 11.3 Å². The van der Waals surface area contributed by atoms with E-state index in [9.17, 15) is 10.1 Å². The van der Waals surface area contributed by atoms with Crippen molar-refractivity contribution in [2.45, 2.75) is 26.8 Å². The molecule has 27 heavy (non-hydrogen) atoms. The summed E-state index contributed by atoms with van der Waals surface area (Å²) < 4.78 is 5.32. The van der Waals surface area contributed by atoms with E-state index in [4.69, 9.17) is 4.74 Å². The molecule has 0 atom stereocenters. The number of ether oxygens (including phenoxy) is 1. The Bertz CT molecular complexity index is 747. The van der Waals surface area contributed by atoms with Gasteiger partial charge in [0.1, 0.15) is 5.57 Å². The minimum atomic E-state index is -0.398. The van der Waals surface area contributed by atoms with E-state index in [1.165, 1.54) is 0 Å². The zero-order valence-corrected chi connectivity index (χ0v) is 16.2. The second kappa shape index (κ2) is 8.42. The number of rotatable bonds is 6. The fraction of sp³-hybridized carbons (Fsp3) is 0.500. The molecular formula is C20H27N5O2. The van der Waals surface area contributed by atoms with E-state index >= 15 is 0 Å². The average molecular weight is 369 g/mol. The number of nitrogens with zero attached hydrogens (tertiary/aromatic N) is 4. The summed E-state index contributed by atoms with van der Waals surface area (Å²) in [6.07, 6.45) is 7.57. The van der Waals surface area contributed by atoms with E-state index in [1.54, 1.807) is 6.92 Å². The molecule has 0 radical (unpaired) electrons. The van der Waals surface area contributed by atoms with Crippen LogP contribution in [0.5, 0.6) is 0 Å². The highest BCUT2D eigenvalue weighted by Crippen LogP contribution is 2.31. The quantitative estimate of drug-likeness (QED) is 0.712. The van der Waals surface area contributed by atoms with Crippen LogP contribution in [-0.4, -0.2) is 66.3 Å². The lowest BCUT2D eigenvalue weighted by Crippen LogP contribution is -2.40. The molecule has 0 spiro atoms. The van der Waals surface area contributed by atoms with E-state index in [0.29, 0.717) is 30.0 Å². The van der Waals surface area contributed by atoms with Gasteiger partial charge in [-0.05, 0) is 19.1 Å². The average Bonchev–Trinajstić information content (AvgIpc) is 3.09. The SMILES string of the molecule is CCOC(=O)C1=C2C=CC=CN2CC(C#N)=C1NC1CN(CC)N(CC)C1. The van der Waals surface area contributed by atoms with Gasteiger partial charge in [-0.1, -0.05) is 19.9 Å². The molecule has 0 aromatic rings. The van der Waals surface area contributed by atoms with Crippen molar-refractivity contribution >= 4 is 5.97 Å². The fourth-order valence-electron chi connectivity index (χ4n) is 3.78. The minimum absolute atomic E-state index is 0.142. The second-order valence-corrected chi connectivity index (χ2v) is 6.63. The molecule has 0 amide bonds. The van der Waals surface area contributed by atoms with Crippen molar-refractivity contribution in [2.75, 3.05) is 39.3 Å². The Morgan fingerprint density at radius 2 is 1.96 bits per heavy atom. The second-order valence-electron chi connectivity index (χ2n) is 6.63. The van der Waals surface area contributed by atoms with Gasteiger partial charge in [0.25, 0.3) is 0 Å². The van der Waals surface area contributed by atoms with Crippen LogP contribution in [0.1, 0.15) is 20.8 Å². The Morgan fingerprint density at radius 1 is 1.26 bits per heavy atom. The van der Waals surface area contributed by atoms with Gasteiger partial charge in [0.2, 0.25) is 0 Å². The summed E-state index contributed by atoms with van der Waals surface area (Å²) in [4.78, 5) is 14.7. The van der Waals surface area contributed by atoms with E-state index in [2.05, 4.69) is 35.3 Å². The number of esters is 1. The molecule has 0 bridgehead atoms. The normalized spacial score (nSPS) is 20.9. The van der Waals surface area contributed by atoms with Crippen LogP contribution in [0.25, 0.3) is 0 Å². The maximum atomic E-state index is 12.8. The van der Waals surface area contributed by atoms with Gasteiger partial charge in [0, 0.05) is 32.4 Å². The van der Waals surface area contributed by atoms with E-state index in [-0.39, 0.29) is 6.04 Å². The number of carbonyl (C=O) groups excluding carboxylic acids is 1. The number of nitriles is 1. The van der Waals surface area contributed by atoms with Crippen LogP contribution < -0.4 is 5.32 Å². The molecule has 3 heterocycles. The summed E-state index contributed by atoms with van der Waals surface area (Å²) >= 11 is 0. The van der Waals surface area contributed by atoms with Crippen LogP contribution in [-0.2, 0) is 9.53 Å². The van der Waals surface area contributed by atoms with E-state index in [0.717, 1.165) is 31.9 Å². The Balaban J connectivity index is 1.95. The zero-order chi connectivity index (χ0) is 19.4. The van der Waals surface area contributed by atoms with Crippen LogP contribution in [0.3, 0.4) is 0 Å². The first-order chi connectivity index (χ1) is 13.1. The third kappa shape index (κ3) is 3.77. The molecule has 7 nitrogen and oxygen atoms in total. The summed E-state index contributed by atoms with van der Waals surface area (Å²) in [5.74, 6) is -0.398. The lowest BCUT2D eigenvalue weighted by Gasteiger charge is -2.33. The highest BCUT2D eigenvalue weighted by Gasteiger charge is 2.35. The first kappa shape index (κ1) is 19.2. The molecule has 3 aliphatic heterocycles. The molecule has 7 heteroatoms. The van der Waals surface area contributed by atoms with Gasteiger partial charge in [-0.3, -0.25) is 0 Å². The van der Waals surface area contributed by atoms with Gasteiger partial charge < -0.3 is 15.0 Å². The first-order valence-corrected chi connectivity index (χ1v) is 9.55. The number of likely N-dealkylation sites (N-methyl/N-ethyl adjacent to an activating group) is 2.